The Bertz CT molecular complexity index is 877. The van der Waals surface area contributed by atoms with E-state index in [4.69, 9.17) is 0 Å². The second kappa shape index (κ2) is 7.21. The zero-order valence-electron chi connectivity index (χ0n) is 15.3. The molecule has 5 nitrogen and oxygen atoms in total. The summed E-state index contributed by atoms with van der Waals surface area (Å²) < 4.78 is 27.0. The maximum absolute atomic E-state index is 12.9. The highest BCUT2D eigenvalue weighted by molar-refractivity contribution is 7.89. The molecule has 0 saturated carbocycles. The summed E-state index contributed by atoms with van der Waals surface area (Å²) in [6, 6.07) is 15.4. The molecule has 2 aromatic rings. The first-order valence-electron chi connectivity index (χ1n) is 8.80. The molecule has 1 saturated heterocycles. The monoisotopic (exact) mass is 372 g/mol. The molecule has 0 N–H and O–H groups in total. The summed E-state index contributed by atoms with van der Waals surface area (Å²) in [5.74, 6) is 0.222. The van der Waals surface area contributed by atoms with Crippen LogP contribution in [0.4, 0.5) is 5.69 Å². The summed E-state index contributed by atoms with van der Waals surface area (Å²) in [5, 5.41) is 0. The molecule has 1 aliphatic rings. The normalized spacial score (nSPS) is 19.2. The van der Waals surface area contributed by atoms with Crippen molar-refractivity contribution >= 4 is 21.6 Å². The van der Waals surface area contributed by atoms with E-state index in [1.807, 2.05) is 24.3 Å². The van der Waals surface area contributed by atoms with Gasteiger partial charge in [0.2, 0.25) is 15.9 Å². The van der Waals surface area contributed by atoms with Crippen molar-refractivity contribution in [2.75, 3.05) is 18.0 Å². The predicted octanol–water partition coefficient (Wildman–Crippen LogP) is 3.24. The standard InChI is InChI=1S/C20H24N2O3S/c1-15(2)17-9-11-18(12-10-17)21-13-14-22(16(3)20(21)23)26(24,25)19-7-5-4-6-8-19/h4-12,15-16H,13-14H2,1-3H3. The molecule has 6 heteroatoms. The predicted molar refractivity (Wildman–Crippen MR) is 103 cm³/mol. The highest BCUT2D eigenvalue weighted by Crippen LogP contribution is 2.26. The number of benzene rings is 2. The molecule has 0 bridgehead atoms. The number of carbonyl (C=O) groups excluding carboxylic acids is 1. The Morgan fingerprint density at radius 3 is 2.15 bits per heavy atom. The Labute approximate surface area is 155 Å². The fourth-order valence-electron chi connectivity index (χ4n) is 3.20. The molecule has 1 aliphatic heterocycles. The SMILES string of the molecule is CC(C)c1ccc(N2CCN(S(=O)(=O)c3ccccc3)C(C)C2=O)cc1. The third kappa shape index (κ3) is 3.39. The molecule has 1 amide bonds. The van der Waals surface area contributed by atoms with Crippen LogP contribution in [0.2, 0.25) is 0 Å². The Balaban J connectivity index is 1.83. The maximum atomic E-state index is 12.9. The van der Waals surface area contributed by atoms with Gasteiger partial charge in [-0.25, -0.2) is 8.42 Å². The average molecular weight is 372 g/mol. The molecule has 0 aliphatic carbocycles. The number of hydrogen-bond donors (Lipinski definition) is 0. The third-order valence-corrected chi connectivity index (χ3v) is 6.80. The summed E-state index contributed by atoms with van der Waals surface area (Å²) in [4.78, 5) is 14.7. The van der Waals surface area contributed by atoms with Crippen LogP contribution in [-0.2, 0) is 14.8 Å². The molecule has 26 heavy (non-hydrogen) atoms. The van der Waals surface area contributed by atoms with Crippen LogP contribution in [-0.4, -0.2) is 37.8 Å². The quantitative estimate of drug-likeness (QED) is 0.828. The summed E-state index contributed by atoms with van der Waals surface area (Å²) in [6.45, 7) is 6.51. The van der Waals surface area contributed by atoms with Crippen LogP contribution in [0.3, 0.4) is 0 Å². The average Bonchev–Trinajstić information content (AvgIpc) is 2.64. The van der Waals surface area contributed by atoms with Gasteiger partial charge in [0.25, 0.3) is 0 Å². The summed E-state index contributed by atoms with van der Waals surface area (Å²) >= 11 is 0. The van der Waals surface area contributed by atoms with Crippen LogP contribution in [0.15, 0.2) is 59.5 Å². The van der Waals surface area contributed by atoms with Gasteiger partial charge in [0.05, 0.1) is 4.90 Å². The van der Waals surface area contributed by atoms with Gasteiger partial charge < -0.3 is 4.90 Å². The van der Waals surface area contributed by atoms with Crippen LogP contribution >= 0.6 is 0 Å². The van der Waals surface area contributed by atoms with Crippen LogP contribution in [0, 0.1) is 0 Å². The molecule has 138 valence electrons. The molecule has 3 rings (SSSR count). The fourth-order valence-corrected chi connectivity index (χ4v) is 4.80. The van der Waals surface area contributed by atoms with Gasteiger partial charge in [-0.2, -0.15) is 4.31 Å². The second-order valence-corrected chi connectivity index (χ2v) is 8.73. The molecule has 1 unspecified atom stereocenters. The van der Waals surface area contributed by atoms with Crippen LogP contribution in [0.25, 0.3) is 0 Å². The molecule has 1 fully saturated rings. The van der Waals surface area contributed by atoms with Gasteiger partial charge in [-0.1, -0.05) is 44.2 Å². The highest BCUT2D eigenvalue weighted by atomic mass is 32.2. The third-order valence-electron chi connectivity index (χ3n) is 4.82. The van der Waals surface area contributed by atoms with Crippen molar-refractivity contribution in [3.8, 4) is 0 Å². The van der Waals surface area contributed by atoms with E-state index in [2.05, 4.69) is 13.8 Å². The number of nitrogens with zero attached hydrogens (tertiary/aromatic N) is 2. The zero-order valence-corrected chi connectivity index (χ0v) is 16.1. The van der Waals surface area contributed by atoms with Crippen molar-refractivity contribution in [3.05, 3.63) is 60.2 Å². The highest BCUT2D eigenvalue weighted by Gasteiger charge is 2.39. The Morgan fingerprint density at radius 2 is 1.58 bits per heavy atom. The van der Waals surface area contributed by atoms with Gasteiger partial charge in [0, 0.05) is 18.8 Å². The Morgan fingerprint density at radius 1 is 0.962 bits per heavy atom. The lowest BCUT2D eigenvalue weighted by molar-refractivity contribution is -0.123. The first-order valence-corrected chi connectivity index (χ1v) is 10.2. The van der Waals surface area contributed by atoms with E-state index in [0.717, 1.165) is 5.69 Å². The van der Waals surface area contributed by atoms with Gasteiger partial charge >= 0.3 is 0 Å². The molecular formula is C20H24N2O3S. The van der Waals surface area contributed by atoms with Crippen molar-refractivity contribution in [2.24, 2.45) is 0 Å². The number of rotatable bonds is 4. The molecule has 0 spiro atoms. The summed E-state index contributed by atoms with van der Waals surface area (Å²) in [5.41, 5.74) is 2.02. The van der Waals surface area contributed by atoms with E-state index < -0.39 is 16.1 Å². The van der Waals surface area contributed by atoms with Crippen LogP contribution in [0.5, 0.6) is 0 Å². The summed E-state index contributed by atoms with van der Waals surface area (Å²) in [6.07, 6.45) is 0. The van der Waals surface area contributed by atoms with Gasteiger partial charge in [0.1, 0.15) is 6.04 Å². The van der Waals surface area contributed by atoms with E-state index in [0.29, 0.717) is 12.5 Å². The van der Waals surface area contributed by atoms with Crippen molar-refractivity contribution in [3.63, 3.8) is 0 Å². The largest absolute Gasteiger partial charge is 0.310 e. The minimum absolute atomic E-state index is 0.201. The second-order valence-electron chi connectivity index (χ2n) is 6.84. The van der Waals surface area contributed by atoms with Gasteiger partial charge in [-0.05, 0) is 42.7 Å². The molecule has 1 atom stereocenters. The molecule has 0 aromatic heterocycles. The number of piperazine rings is 1. The minimum Gasteiger partial charge on any atom is -0.310 e. The number of amides is 1. The van der Waals surface area contributed by atoms with Gasteiger partial charge in [-0.3, -0.25) is 4.79 Å². The smallest absolute Gasteiger partial charge is 0.245 e. The zero-order chi connectivity index (χ0) is 18.9. The van der Waals surface area contributed by atoms with E-state index in [1.165, 1.54) is 9.87 Å². The lowest BCUT2D eigenvalue weighted by Crippen LogP contribution is -2.57. The topological polar surface area (TPSA) is 57.7 Å². The van der Waals surface area contributed by atoms with E-state index in [9.17, 15) is 13.2 Å². The number of anilines is 1. The van der Waals surface area contributed by atoms with Crippen molar-refractivity contribution in [2.45, 2.75) is 37.6 Å². The molecule has 0 radical (unpaired) electrons. The number of hydrogen-bond acceptors (Lipinski definition) is 3. The minimum atomic E-state index is -3.68. The molecule has 1 heterocycles. The Kier molecular flexibility index (Phi) is 5.16. The maximum Gasteiger partial charge on any atom is 0.245 e. The molecular weight excluding hydrogens is 348 g/mol. The number of carbonyl (C=O) groups is 1. The van der Waals surface area contributed by atoms with Crippen LogP contribution in [0.1, 0.15) is 32.3 Å². The fraction of sp³-hybridized carbons (Fsp3) is 0.350. The van der Waals surface area contributed by atoms with E-state index >= 15 is 0 Å². The first-order chi connectivity index (χ1) is 12.3. The lowest BCUT2D eigenvalue weighted by Gasteiger charge is -2.38. The van der Waals surface area contributed by atoms with Crippen LogP contribution < -0.4 is 4.90 Å². The first kappa shape index (κ1) is 18.6. The van der Waals surface area contributed by atoms with Gasteiger partial charge in [-0.15, -0.1) is 0 Å². The lowest BCUT2D eigenvalue weighted by atomic mass is 10.0. The van der Waals surface area contributed by atoms with Crippen molar-refractivity contribution in [1.82, 2.24) is 4.31 Å². The Hall–Kier alpha value is -2.18. The number of sulfonamides is 1. The van der Waals surface area contributed by atoms with Gasteiger partial charge in [0.15, 0.2) is 0 Å². The van der Waals surface area contributed by atoms with E-state index in [1.54, 1.807) is 42.2 Å². The molecule has 2 aromatic carbocycles. The summed E-state index contributed by atoms with van der Waals surface area (Å²) in [7, 11) is -3.68. The van der Waals surface area contributed by atoms with Crippen molar-refractivity contribution in [1.29, 1.82) is 0 Å². The van der Waals surface area contributed by atoms with Crippen molar-refractivity contribution < 1.29 is 13.2 Å². The van der Waals surface area contributed by atoms with E-state index in [-0.39, 0.29) is 17.3 Å².